The lowest BCUT2D eigenvalue weighted by Crippen LogP contribution is -2.55. The lowest BCUT2D eigenvalue weighted by atomic mass is 10.1. The first kappa shape index (κ1) is 28.2. The zero-order chi connectivity index (χ0) is 24.0. The highest BCUT2D eigenvalue weighted by atomic mass is 16.5. The summed E-state index contributed by atoms with van der Waals surface area (Å²) in [4.78, 5) is 59.7. The van der Waals surface area contributed by atoms with Crippen LogP contribution in [0.5, 0.6) is 0 Å². The summed E-state index contributed by atoms with van der Waals surface area (Å²) in [7, 11) is 2.88. The molecule has 0 heterocycles. The number of hydrogen-bond acceptors (Lipinski definition) is 8. The fourth-order valence-electron chi connectivity index (χ4n) is 2.24. The number of methoxy groups -OCH3 is 1. The monoisotopic (exact) mass is 448 g/mol. The van der Waals surface area contributed by atoms with Crippen molar-refractivity contribution in [1.82, 2.24) is 15.5 Å². The maximum Gasteiger partial charge on any atom is 0.326 e. The van der Waals surface area contributed by atoms with Crippen molar-refractivity contribution in [3.63, 3.8) is 0 Å². The highest BCUT2D eigenvalue weighted by molar-refractivity contribution is 5.94. The second-order valence-electron chi connectivity index (χ2n) is 6.64. The van der Waals surface area contributed by atoms with Gasteiger partial charge in [-0.25, -0.2) is 4.79 Å². The van der Waals surface area contributed by atoms with Crippen molar-refractivity contribution in [2.24, 2.45) is 5.73 Å². The van der Waals surface area contributed by atoms with Crippen LogP contribution < -0.4 is 16.4 Å². The van der Waals surface area contributed by atoms with Crippen LogP contribution in [0.3, 0.4) is 0 Å². The van der Waals surface area contributed by atoms with Gasteiger partial charge in [0.2, 0.25) is 23.6 Å². The molecule has 4 amide bonds. The summed E-state index contributed by atoms with van der Waals surface area (Å²) in [5.41, 5.74) is 4.97. The summed E-state index contributed by atoms with van der Waals surface area (Å²) >= 11 is 0. The van der Waals surface area contributed by atoms with Gasteiger partial charge in [0.1, 0.15) is 24.7 Å². The van der Waals surface area contributed by atoms with Crippen molar-refractivity contribution in [3.8, 4) is 0 Å². The van der Waals surface area contributed by atoms with E-state index in [0.717, 1.165) is 4.90 Å². The zero-order valence-corrected chi connectivity index (χ0v) is 18.2. The van der Waals surface area contributed by atoms with Gasteiger partial charge in [-0.3, -0.25) is 19.2 Å². The van der Waals surface area contributed by atoms with Crippen molar-refractivity contribution < 1.29 is 43.3 Å². The van der Waals surface area contributed by atoms with Gasteiger partial charge < -0.3 is 40.6 Å². The Morgan fingerprint density at radius 3 is 2.13 bits per heavy atom. The van der Waals surface area contributed by atoms with Crippen molar-refractivity contribution in [3.05, 3.63) is 0 Å². The lowest BCUT2D eigenvalue weighted by Gasteiger charge is -2.28. The second kappa shape index (κ2) is 15.1. The van der Waals surface area contributed by atoms with Gasteiger partial charge in [0, 0.05) is 14.2 Å². The normalized spacial score (nSPS) is 13.5. The number of rotatable bonds is 16. The number of aliphatic carboxylic acids is 1. The number of carboxylic acids is 1. The molecule has 0 rings (SSSR count). The standard InChI is InChI=1S/C18H32N4O9/c1-11(20-15(24)10-31-8-7-30-6-5-29-4)17(26)22(3)12(2)16(25)21-13(18(27)28)9-14(19)23/h11-13H,5-10H2,1-4H3,(H2,19,23)(H,20,24)(H,21,25)(H,27,28)/t11-,12-,13-/m0/s1. The first-order chi connectivity index (χ1) is 14.5. The second-order valence-corrected chi connectivity index (χ2v) is 6.64. The largest absolute Gasteiger partial charge is 0.480 e. The molecule has 3 atom stereocenters. The van der Waals surface area contributed by atoms with E-state index < -0.39 is 54.1 Å². The van der Waals surface area contributed by atoms with Crippen LogP contribution in [0, 0.1) is 0 Å². The summed E-state index contributed by atoms with van der Waals surface area (Å²) < 4.78 is 15.1. The molecule has 13 nitrogen and oxygen atoms in total. The average molecular weight is 448 g/mol. The first-order valence-corrected chi connectivity index (χ1v) is 9.53. The summed E-state index contributed by atoms with van der Waals surface area (Å²) in [6.07, 6.45) is -0.588. The SMILES string of the molecule is COCCOCCOCC(=O)N[C@@H](C)C(=O)N(C)[C@@H](C)C(=O)N[C@@H](CC(N)=O)C(=O)O. The van der Waals surface area contributed by atoms with E-state index in [2.05, 4.69) is 10.6 Å². The van der Waals surface area contributed by atoms with Crippen LogP contribution in [0.1, 0.15) is 20.3 Å². The molecule has 0 aliphatic carbocycles. The number of nitrogens with two attached hydrogens (primary N) is 1. The molecule has 5 N–H and O–H groups in total. The van der Waals surface area contributed by atoms with Crippen molar-refractivity contribution in [2.45, 2.75) is 38.4 Å². The zero-order valence-electron chi connectivity index (χ0n) is 18.2. The van der Waals surface area contributed by atoms with E-state index in [0.29, 0.717) is 13.2 Å². The van der Waals surface area contributed by atoms with Gasteiger partial charge >= 0.3 is 5.97 Å². The highest BCUT2D eigenvalue weighted by Gasteiger charge is 2.30. The molecule has 0 spiro atoms. The van der Waals surface area contributed by atoms with Crippen LogP contribution in [0.15, 0.2) is 0 Å². The number of hydrogen-bond donors (Lipinski definition) is 4. The van der Waals surface area contributed by atoms with Crippen LogP contribution in [-0.4, -0.2) is 105 Å². The molecule has 31 heavy (non-hydrogen) atoms. The Balaban J connectivity index is 4.49. The van der Waals surface area contributed by atoms with Gasteiger partial charge in [-0.05, 0) is 13.8 Å². The Morgan fingerprint density at radius 1 is 1.00 bits per heavy atom. The summed E-state index contributed by atoms with van der Waals surface area (Å²) in [5, 5.41) is 13.7. The summed E-state index contributed by atoms with van der Waals surface area (Å²) in [6.45, 7) is 3.86. The Labute approximate surface area is 180 Å². The Morgan fingerprint density at radius 2 is 1.58 bits per heavy atom. The average Bonchev–Trinajstić information content (AvgIpc) is 2.70. The molecule has 0 aliphatic heterocycles. The molecule has 0 aromatic rings. The van der Waals surface area contributed by atoms with E-state index in [1.807, 2.05) is 0 Å². The van der Waals surface area contributed by atoms with Gasteiger partial charge in [-0.15, -0.1) is 0 Å². The summed E-state index contributed by atoms with van der Waals surface area (Å²) in [6, 6.07) is -3.54. The maximum atomic E-state index is 12.5. The first-order valence-electron chi connectivity index (χ1n) is 9.53. The fraction of sp³-hybridized carbons (Fsp3) is 0.722. The lowest BCUT2D eigenvalue weighted by molar-refractivity contribution is -0.145. The number of likely N-dealkylation sites (N-methyl/N-ethyl adjacent to an activating group) is 1. The minimum absolute atomic E-state index is 0.187. The summed E-state index contributed by atoms with van der Waals surface area (Å²) in [5.74, 6) is -4.24. The van der Waals surface area contributed by atoms with E-state index in [1.54, 1.807) is 7.11 Å². The van der Waals surface area contributed by atoms with E-state index in [-0.39, 0.29) is 19.8 Å². The highest BCUT2D eigenvalue weighted by Crippen LogP contribution is 2.02. The Hall–Kier alpha value is -2.77. The fourth-order valence-corrected chi connectivity index (χ4v) is 2.24. The molecule has 178 valence electrons. The molecule has 0 bridgehead atoms. The molecule has 0 saturated heterocycles. The molecule has 0 radical (unpaired) electrons. The van der Waals surface area contributed by atoms with E-state index in [1.165, 1.54) is 20.9 Å². The van der Waals surface area contributed by atoms with E-state index >= 15 is 0 Å². The van der Waals surface area contributed by atoms with Crippen LogP contribution in [0.25, 0.3) is 0 Å². The smallest absolute Gasteiger partial charge is 0.326 e. The van der Waals surface area contributed by atoms with Crippen molar-refractivity contribution >= 4 is 29.6 Å². The van der Waals surface area contributed by atoms with Gasteiger partial charge in [-0.1, -0.05) is 0 Å². The topological polar surface area (TPSA) is 187 Å². The molecular weight excluding hydrogens is 416 g/mol. The third-order valence-corrected chi connectivity index (χ3v) is 4.11. The number of nitrogens with one attached hydrogen (secondary N) is 2. The van der Waals surface area contributed by atoms with Crippen LogP contribution >= 0.6 is 0 Å². The van der Waals surface area contributed by atoms with E-state index in [4.69, 9.17) is 25.1 Å². The maximum absolute atomic E-state index is 12.5. The van der Waals surface area contributed by atoms with E-state index in [9.17, 15) is 24.0 Å². The number of primary amides is 1. The molecule has 0 aromatic carbocycles. The quantitative estimate of drug-likeness (QED) is 0.185. The Bertz CT molecular complexity index is 629. The molecular formula is C18H32N4O9. The van der Waals surface area contributed by atoms with Crippen LogP contribution in [0.4, 0.5) is 0 Å². The van der Waals surface area contributed by atoms with Crippen molar-refractivity contribution in [1.29, 1.82) is 0 Å². The molecule has 0 aliphatic rings. The molecule has 0 fully saturated rings. The van der Waals surface area contributed by atoms with Gasteiger partial charge in [0.25, 0.3) is 0 Å². The molecule has 13 heteroatoms. The van der Waals surface area contributed by atoms with Crippen LogP contribution in [0.2, 0.25) is 0 Å². The molecule has 0 aromatic heterocycles. The number of ether oxygens (including phenoxy) is 3. The molecule has 0 unspecified atom stereocenters. The van der Waals surface area contributed by atoms with Gasteiger partial charge in [-0.2, -0.15) is 0 Å². The molecule has 0 saturated carbocycles. The van der Waals surface area contributed by atoms with Crippen molar-refractivity contribution in [2.75, 3.05) is 47.2 Å². The minimum Gasteiger partial charge on any atom is -0.480 e. The third kappa shape index (κ3) is 11.9. The van der Waals surface area contributed by atoms with Gasteiger partial charge in [0.15, 0.2) is 0 Å². The number of carboxylic acid groups (broad SMARTS) is 1. The number of amides is 4. The minimum atomic E-state index is -1.51. The number of carbonyl (C=O) groups excluding carboxylic acids is 4. The van der Waals surface area contributed by atoms with Gasteiger partial charge in [0.05, 0.1) is 32.8 Å². The third-order valence-electron chi connectivity index (χ3n) is 4.11. The number of carbonyl (C=O) groups is 5. The predicted molar refractivity (Wildman–Crippen MR) is 107 cm³/mol. The predicted octanol–water partition coefficient (Wildman–Crippen LogP) is -2.54. The Kier molecular flexibility index (Phi) is 13.7. The van der Waals surface area contributed by atoms with Crippen LogP contribution in [-0.2, 0) is 38.2 Å². The number of nitrogens with zero attached hydrogens (tertiary/aromatic N) is 1.